The Hall–Kier alpha value is -2.87. The molecule has 0 aliphatic carbocycles. The van der Waals surface area contributed by atoms with Gasteiger partial charge < -0.3 is 9.73 Å². The van der Waals surface area contributed by atoms with E-state index in [2.05, 4.69) is 10.3 Å². The van der Waals surface area contributed by atoms with Crippen LogP contribution in [-0.4, -0.2) is 10.9 Å². The van der Waals surface area contributed by atoms with Gasteiger partial charge in [-0.05, 0) is 42.0 Å². The number of hydrogen-bond acceptors (Lipinski definition) is 3. The fraction of sp³-hybridized carbons (Fsp3) is 0.111. The second kappa shape index (κ2) is 7.40. The molecular formula is C18H11ClF4N2O2. The number of amides is 1. The topological polar surface area (TPSA) is 55.1 Å². The number of nitrogens with zero attached hydrogens (tertiary/aromatic N) is 1. The SMILES string of the molecule is O=C(Cc1cc(F)cc(C(F)(F)F)c1)Nc1ccc(-c2cnco2)c(Cl)c1. The molecule has 27 heavy (non-hydrogen) atoms. The number of nitrogens with one attached hydrogen (secondary N) is 1. The Morgan fingerprint density at radius 3 is 2.59 bits per heavy atom. The molecule has 0 radical (unpaired) electrons. The van der Waals surface area contributed by atoms with Gasteiger partial charge in [0.15, 0.2) is 12.2 Å². The van der Waals surface area contributed by atoms with E-state index < -0.39 is 29.9 Å². The zero-order chi connectivity index (χ0) is 19.6. The van der Waals surface area contributed by atoms with Crippen LogP contribution in [0.2, 0.25) is 5.02 Å². The van der Waals surface area contributed by atoms with E-state index in [0.29, 0.717) is 23.1 Å². The van der Waals surface area contributed by atoms with Crippen LogP contribution in [0.1, 0.15) is 11.1 Å². The average molecular weight is 399 g/mol. The van der Waals surface area contributed by atoms with Crippen molar-refractivity contribution >= 4 is 23.2 Å². The van der Waals surface area contributed by atoms with E-state index >= 15 is 0 Å². The molecule has 0 fully saturated rings. The number of aromatic nitrogens is 1. The van der Waals surface area contributed by atoms with Crippen molar-refractivity contribution in [1.82, 2.24) is 4.98 Å². The standard InChI is InChI=1S/C18H11ClF4N2O2/c19-15-7-13(1-2-14(15)16-8-24-9-27-16)25-17(26)5-10-3-11(18(21,22)23)6-12(20)4-10/h1-4,6-9H,5H2,(H,25,26). The number of benzene rings is 2. The van der Waals surface area contributed by atoms with Crippen LogP contribution in [0.4, 0.5) is 23.2 Å². The van der Waals surface area contributed by atoms with Gasteiger partial charge in [0.25, 0.3) is 0 Å². The fourth-order valence-corrected chi connectivity index (χ4v) is 2.72. The monoisotopic (exact) mass is 398 g/mol. The summed E-state index contributed by atoms with van der Waals surface area (Å²) in [6, 6.07) is 6.61. The number of carbonyl (C=O) groups excluding carboxylic acids is 1. The zero-order valence-electron chi connectivity index (χ0n) is 13.5. The Morgan fingerprint density at radius 2 is 1.96 bits per heavy atom. The minimum absolute atomic E-state index is 0.0933. The lowest BCUT2D eigenvalue weighted by Gasteiger charge is -2.10. The highest BCUT2D eigenvalue weighted by molar-refractivity contribution is 6.33. The van der Waals surface area contributed by atoms with Crippen LogP contribution >= 0.6 is 11.6 Å². The quantitative estimate of drug-likeness (QED) is 0.604. The third kappa shape index (κ3) is 4.65. The van der Waals surface area contributed by atoms with Crippen molar-refractivity contribution < 1.29 is 26.8 Å². The lowest BCUT2D eigenvalue weighted by atomic mass is 10.1. The van der Waals surface area contributed by atoms with Gasteiger partial charge in [0.1, 0.15) is 5.82 Å². The maximum Gasteiger partial charge on any atom is 0.416 e. The predicted molar refractivity (Wildman–Crippen MR) is 90.7 cm³/mol. The van der Waals surface area contributed by atoms with Crippen molar-refractivity contribution in [2.45, 2.75) is 12.6 Å². The van der Waals surface area contributed by atoms with Gasteiger partial charge in [-0.15, -0.1) is 0 Å². The first-order valence-corrected chi connectivity index (χ1v) is 7.95. The molecule has 0 unspecified atom stereocenters. The molecule has 9 heteroatoms. The van der Waals surface area contributed by atoms with Crippen molar-refractivity contribution in [3.05, 3.63) is 71.0 Å². The van der Waals surface area contributed by atoms with Crippen LogP contribution < -0.4 is 5.32 Å². The van der Waals surface area contributed by atoms with Crippen LogP contribution in [0.3, 0.4) is 0 Å². The Labute approximate surface area is 155 Å². The van der Waals surface area contributed by atoms with Crippen molar-refractivity contribution in [1.29, 1.82) is 0 Å². The summed E-state index contributed by atoms with van der Waals surface area (Å²) >= 11 is 6.14. The van der Waals surface area contributed by atoms with Crippen LogP contribution in [0, 0.1) is 5.82 Å². The summed E-state index contributed by atoms with van der Waals surface area (Å²) in [4.78, 5) is 15.9. The van der Waals surface area contributed by atoms with Crippen LogP contribution in [-0.2, 0) is 17.4 Å². The lowest BCUT2D eigenvalue weighted by molar-refractivity contribution is -0.137. The molecule has 0 saturated heterocycles. The second-order valence-corrected chi connectivity index (χ2v) is 6.04. The number of oxazole rings is 1. The van der Waals surface area contributed by atoms with E-state index in [4.69, 9.17) is 16.0 Å². The van der Waals surface area contributed by atoms with E-state index in [9.17, 15) is 22.4 Å². The molecule has 0 atom stereocenters. The summed E-state index contributed by atoms with van der Waals surface area (Å²) in [5.74, 6) is -1.23. The Kier molecular flexibility index (Phi) is 5.18. The molecule has 0 aliphatic rings. The number of hydrogen-bond donors (Lipinski definition) is 1. The van der Waals surface area contributed by atoms with Gasteiger partial charge in [-0.25, -0.2) is 9.37 Å². The highest BCUT2D eigenvalue weighted by Gasteiger charge is 2.31. The summed E-state index contributed by atoms with van der Waals surface area (Å²) < 4.78 is 56.8. The summed E-state index contributed by atoms with van der Waals surface area (Å²) in [7, 11) is 0. The van der Waals surface area contributed by atoms with E-state index in [1.54, 1.807) is 12.1 Å². The fourth-order valence-electron chi connectivity index (χ4n) is 2.45. The molecule has 0 bridgehead atoms. The lowest BCUT2D eigenvalue weighted by Crippen LogP contribution is -2.15. The molecule has 0 saturated carbocycles. The average Bonchev–Trinajstić information content (AvgIpc) is 3.07. The van der Waals surface area contributed by atoms with E-state index in [0.717, 1.165) is 12.1 Å². The first kappa shape index (κ1) is 18.9. The minimum atomic E-state index is -4.70. The predicted octanol–water partition coefficient (Wildman–Crippen LogP) is 5.33. The number of anilines is 1. The van der Waals surface area contributed by atoms with E-state index in [1.165, 1.54) is 18.7 Å². The summed E-state index contributed by atoms with van der Waals surface area (Å²) in [5.41, 5.74) is -0.346. The van der Waals surface area contributed by atoms with Crippen molar-refractivity contribution in [3.63, 3.8) is 0 Å². The smallest absolute Gasteiger partial charge is 0.416 e. The van der Waals surface area contributed by atoms with Crippen molar-refractivity contribution in [2.75, 3.05) is 5.32 Å². The van der Waals surface area contributed by atoms with Gasteiger partial charge in [0.05, 0.1) is 23.2 Å². The largest absolute Gasteiger partial charge is 0.443 e. The number of alkyl halides is 3. The molecule has 140 valence electrons. The van der Waals surface area contributed by atoms with Gasteiger partial charge in [0.2, 0.25) is 5.91 Å². The molecule has 1 amide bonds. The highest BCUT2D eigenvalue weighted by atomic mass is 35.5. The molecular weight excluding hydrogens is 388 g/mol. The molecule has 3 aromatic rings. The Morgan fingerprint density at radius 1 is 1.19 bits per heavy atom. The maximum atomic E-state index is 13.4. The number of carbonyl (C=O) groups is 1. The first-order valence-electron chi connectivity index (χ1n) is 7.57. The van der Waals surface area contributed by atoms with E-state index in [-0.39, 0.29) is 10.6 Å². The van der Waals surface area contributed by atoms with Crippen LogP contribution in [0.25, 0.3) is 11.3 Å². The van der Waals surface area contributed by atoms with Crippen molar-refractivity contribution in [2.24, 2.45) is 0 Å². The summed E-state index contributed by atoms with van der Waals surface area (Å²) in [5, 5.41) is 2.79. The van der Waals surface area contributed by atoms with Crippen LogP contribution in [0.5, 0.6) is 0 Å². The first-order chi connectivity index (χ1) is 12.7. The Balaban J connectivity index is 1.73. The molecule has 4 nitrogen and oxygen atoms in total. The molecule has 2 aromatic carbocycles. The van der Waals surface area contributed by atoms with Gasteiger partial charge >= 0.3 is 6.18 Å². The normalized spacial score (nSPS) is 11.4. The maximum absolute atomic E-state index is 13.4. The van der Waals surface area contributed by atoms with Gasteiger partial charge in [0, 0.05) is 11.3 Å². The highest BCUT2D eigenvalue weighted by Crippen LogP contribution is 2.31. The molecule has 1 aromatic heterocycles. The second-order valence-electron chi connectivity index (χ2n) is 5.63. The Bertz CT molecular complexity index is 972. The number of halogens is 5. The third-order valence-corrected chi connectivity index (χ3v) is 3.91. The van der Waals surface area contributed by atoms with Gasteiger partial charge in [-0.2, -0.15) is 13.2 Å². The molecule has 1 N–H and O–H groups in total. The molecule has 1 heterocycles. The summed E-state index contributed by atoms with van der Waals surface area (Å²) in [6.07, 6.45) is -2.41. The van der Waals surface area contributed by atoms with Gasteiger partial charge in [-0.1, -0.05) is 11.6 Å². The molecule has 3 rings (SSSR count). The number of rotatable bonds is 4. The van der Waals surface area contributed by atoms with Crippen molar-refractivity contribution in [3.8, 4) is 11.3 Å². The summed E-state index contributed by atoms with van der Waals surface area (Å²) in [6.45, 7) is 0. The molecule has 0 spiro atoms. The van der Waals surface area contributed by atoms with Crippen LogP contribution in [0.15, 0.2) is 53.4 Å². The van der Waals surface area contributed by atoms with E-state index in [1.807, 2.05) is 0 Å². The van der Waals surface area contributed by atoms with Gasteiger partial charge in [-0.3, -0.25) is 4.79 Å². The minimum Gasteiger partial charge on any atom is -0.443 e. The molecule has 0 aliphatic heterocycles. The third-order valence-electron chi connectivity index (χ3n) is 3.60. The zero-order valence-corrected chi connectivity index (χ0v) is 14.2.